The van der Waals surface area contributed by atoms with Crippen LogP contribution in [-0.2, 0) is 20.7 Å². The highest BCUT2D eigenvalue weighted by atomic mass is 79.9. The van der Waals surface area contributed by atoms with Crippen LogP contribution in [0.25, 0.3) is 11.3 Å². The quantitative estimate of drug-likeness (QED) is 0.471. The van der Waals surface area contributed by atoms with E-state index in [1.54, 1.807) is 0 Å². The molecule has 0 aliphatic rings. The van der Waals surface area contributed by atoms with Crippen LogP contribution in [0, 0.1) is 0 Å². The molecule has 3 rings (SSSR count). The molecule has 8 heteroatoms. The second-order valence-electron chi connectivity index (χ2n) is 5.56. The van der Waals surface area contributed by atoms with E-state index in [4.69, 9.17) is 4.74 Å². The first kappa shape index (κ1) is 19.7. The van der Waals surface area contributed by atoms with Gasteiger partial charge < -0.3 is 4.74 Å². The van der Waals surface area contributed by atoms with Crippen molar-refractivity contribution in [3.05, 3.63) is 68.4 Å². The summed E-state index contributed by atoms with van der Waals surface area (Å²) < 4.78 is 6.92. The van der Waals surface area contributed by atoms with Gasteiger partial charge in [0.2, 0.25) is 0 Å². The van der Waals surface area contributed by atoms with Crippen LogP contribution in [0.4, 0.5) is 5.13 Å². The zero-order chi connectivity index (χ0) is 19.2. The molecule has 0 aliphatic heterocycles. The van der Waals surface area contributed by atoms with Gasteiger partial charge in [0.15, 0.2) is 11.7 Å². The Labute approximate surface area is 177 Å². The van der Waals surface area contributed by atoms with Gasteiger partial charge in [-0.3, -0.25) is 14.9 Å². The van der Waals surface area contributed by atoms with Crippen LogP contribution in [-0.4, -0.2) is 23.5 Å². The molecule has 0 unspecified atom stereocenters. The predicted octanol–water partition coefficient (Wildman–Crippen LogP) is 5.06. The Bertz CT molecular complexity index is 958. The van der Waals surface area contributed by atoms with Crippen molar-refractivity contribution in [2.75, 3.05) is 11.9 Å². The number of amides is 1. The molecule has 1 amide bonds. The number of hydrogen-bond donors (Lipinski definition) is 1. The fraction of sp³-hybridized carbons (Fsp3) is 0.105. The van der Waals surface area contributed by atoms with E-state index in [0.717, 1.165) is 25.8 Å². The molecular weight excluding hydrogens is 496 g/mol. The molecule has 27 heavy (non-hydrogen) atoms. The van der Waals surface area contributed by atoms with Crippen LogP contribution < -0.4 is 5.32 Å². The van der Waals surface area contributed by atoms with Gasteiger partial charge in [0.05, 0.1) is 12.1 Å². The van der Waals surface area contributed by atoms with E-state index in [1.165, 1.54) is 11.3 Å². The van der Waals surface area contributed by atoms with E-state index < -0.39 is 11.9 Å². The molecular formula is C19H14Br2N2O3S. The zero-order valence-corrected chi connectivity index (χ0v) is 17.9. The van der Waals surface area contributed by atoms with E-state index >= 15 is 0 Å². The average Bonchev–Trinajstić information content (AvgIpc) is 3.10. The third kappa shape index (κ3) is 5.98. The van der Waals surface area contributed by atoms with Crippen molar-refractivity contribution in [2.45, 2.75) is 6.42 Å². The highest BCUT2D eigenvalue weighted by Crippen LogP contribution is 2.26. The molecule has 0 aliphatic carbocycles. The maximum atomic E-state index is 12.0. The number of nitrogens with zero attached hydrogens (tertiary/aromatic N) is 1. The van der Waals surface area contributed by atoms with Crippen LogP contribution in [0.3, 0.4) is 0 Å². The smallest absolute Gasteiger partial charge is 0.310 e. The molecule has 1 aromatic heterocycles. The minimum Gasteiger partial charge on any atom is -0.455 e. The lowest BCUT2D eigenvalue weighted by atomic mass is 10.2. The Kier molecular flexibility index (Phi) is 6.76. The van der Waals surface area contributed by atoms with Crippen LogP contribution in [0.5, 0.6) is 0 Å². The number of hydrogen-bond acceptors (Lipinski definition) is 5. The maximum Gasteiger partial charge on any atom is 0.310 e. The number of esters is 1. The molecule has 0 fully saturated rings. The zero-order valence-electron chi connectivity index (χ0n) is 13.9. The normalized spacial score (nSPS) is 10.4. The van der Waals surface area contributed by atoms with Gasteiger partial charge >= 0.3 is 5.97 Å². The maximum absolute atomic E-state index is 12.0. The molecule has 2 aromatic carbocycles. The molecule has 0 spiro atoms. The van der Waals surface area contributed by atoms with Gasteiger partial charge in [0, 0.05) is 19.9 Å². The number of benzene rings is 2. The molecule has 0 radical (unpaired) electrons. The largest absolute Gasteiger partial charge is 0.455 e. The first-order valence-corrected chi connectivity index (χ1v) is 10.4. The Hall–Kier alpha value is -2.03. The summed E-state index contributed by atoms with van der Waals surface area (Å²) in [6.07, 6.45) is 0.116. The number of rotatable bonds is 6. The summed E-state index contributed by atoms with van der Waals surface area (Å²) in [6.45, 7) is -0.346. The number of aromatic nitrogens is 1. The Morgan fingerprint density at radius 2 is 1.85 bits per heavy atom. The van der Waals surface area contributed by atoms with Crippen LogP contribution >= 0.6 is 43.2 Å². The van der Waals surface area contributed by atoms with E-state index in [1.807, 2.05) is 53.9 Å². The second kappa shape index (κ2) is 9.25. The van der Waals surface area contributed by atoms with Crippen molar-refractivity contribution in [1.29, 1.82) is 0 Å². The van der Waals surface area contributed by atoms with Crippen molar-refractivity contribution in [2.24, 2.45) is 0 Å². The molecule has 0 saturated heterocycles. The highest BCUT2D eigenvalue weighted by Gasteiger charge is 2.11. The summed E-state index contributed by atoms with van der Waals surface area (Å²) in [5, 5.41) is 4.96. The molecule has 0 bridgehead atoms. The number of thiazole rings is 1. The van der Waals surface area contributed by atoms with Gasteiger partial charge in [-0.2, -0.15) is 0 Å². The number of anilines is 1. The second-order valence-corrected chi connectivity index (χ2v) is 8.25. The van der Waals surface area contributed by atoms with E-state index in [-0.39, 0.29) is 13.0 Å². The summed E-state index contributed by atoms with van der Waals surface area (Å²) in [4.78, 5) is 28.2. The van der Waals surface area contributed by atoms with Crippen LogP contribution in [0.2, 0.25) is 0 Å². The third-order valence-electron chi connectivity index (χ3n) is 3.50. The molecule has 1 heterocycles. The van der Waals surface area contributed by atoms with Crippen molar-refractivity contribution < 1.29 is 14.3 Å². The number of halogens is 2. The third-order valence-corrected chi connectivity index (χ3v) is 5.28. The van der Waals surface area contributed by atoms with Crippen molar-refractivity contribution in [3.8, 4) is 11.3 Å². The summed E-state index contributed by atoms with van der Waals surface area (Å²) in [5.41, 5.74) is 2.54. The van der Waals surface area contributed by atoms with Crippen molar-refractivity contribution in [1.82, 2.24) is 4.98 Å². The topological polar surface area (TPSA) is 68.3 Å². The summed E-state index contributed by atoms with van der Waals surface area (Å²) in [6, 6.07) is 15.1. The number of carbonyl (C=O) groups is 2. The number of ether oxygens (including phenoxy) is 1. The highest BCUT2D eigenvalue weighted by molar-refractivity contribution is 9.10. The van der Waals surface area contributed by atoms with E-state index in [9.17, 15) is 9.59 Å². The lowest BCUT2D eigenvalue weighted by molar-refractivity contribution is -0.146. The number of carbonyl (C=O) groups excluding carboxylic acids is 2. The monoisotopic (exact) mass is 508 g/mol. The van der Waals surface area contributed by atoms with Crippen LogP contribution in [0.1, 0.15) is 5.56 Å². The summed E-state index contributed by atoms with van der Waals surface area (Å²) in [5.74, 6) is -0.879. The van der Waals surface area contributed by atoms with Gasteiger partial charge in [0.25, 0.3) is 5.91 Å². The minimum atomic E-state index is -0.457. The van der Waals surface area contributed by atoms with Crippen molar-refractivity contribution in [3.63, 3.8) is 0 Å². The first-order chi connectivity index (χ1) is 13.0. The first-order valence-electron chi connectivity index (χ1n) is 7.91. The van der Waals surface area contributed by atoms with E-state index in [2.05, 4.69) is 42.2 Å². The van der Waals surface area contributed by atoms with Gasteiger partial charge in [0.1, 0.15) is 0 Å². The Morgan fingerprint density at radius 1 is 1.07 bits per heavy atom. The molecule has 0 atom stereocenters. The predicted molar refractivity (Wildman–Crippen MR) is 113 cm³/mol. The molecule has 5 nitrogen and oxygen atoms in total. The molecule has 0 saturated carbocycles. The standard InChI is InChI=1S/C19H14Br2N2O3S/c20-14-6-4-12(5-7-14)8-18(25)26-10-17(24)23-19-22-16(11-27-19)13-2-1-3-15(21)9-13/h1-7,9,11H,8,10H2,(H,22,23,24). The van der Waals surface area contributed by atoms with E-state index in [0.29, 0.717) is 5.13 Å². The number of nitrogens with one attached hydrogen (secondary N) is 1. The van der Waals surface area contributed by atoms with Gasteiger partial charge in [-0.05, 0) is 29.8 Å². The fourth-order valence-electron chi connectivity index (χ4n) is 2.23. The summed E-state index contributed by atoms with van der Waals surface area (Å²) in [7, 11) is 0. The van der Waals surface area contributed by atoms with Gasteiger partial charge in [-0.15, -0.1) is 11.3 Å². The molecule has 3 aromatic rings. The van der Waals surface area contributed by atoms with Crippen LogP contribution in [0.15, 0.2) is 62.9 Å². The lowest BCUT2D eigenvalue weighted by Crippen LogP contribution is -2.21. The average molecular weight is 510 g/mol. The molecule has 138 valence electrons. The fourth-order valence-corrected chi connectivity index (χ4v) is 3.63. The van der Waals surface area contributed by atoms with Crippen molar-refractivity contribution >= 4 is 60.2 Å². The molecule has 1 N–H and O–H groups in total. The Balaban J connectivity index is 1.49. The van der Waals surface area contributed by atoms with Gasteiger partial charge in [-0.1, -0.05) is 56.1 Å². The van der Waals surface area contributed by atoms with Gasteiger partial charge in [-0.25, -0.2) is 4.98 Å². The Morgan fingerprint density at radius 3 is 2.59 bits per heavy atom. The lowest BCUT2D eigenvalue weighted by Gasteiger charge is -2.05. The SMILES string of the molecule is O=C(COC(=O)Cc1ccc(Br)cc1)Nc1nc(-c2cccc(Br)c2)cs1. The minimum absolute atomic E-state index is 0.116. The summed E-state index contributed by atoms with van der Waals surface area (Å²) >= 11 is 8.07.